The average Bonchev–Trinajstić information content (AvgIpc) is 2.54. The predicted octanol–water partition coefficient (Wildman–Crippen LogP) is 3.08. The first-order chi connectivity index (χ1) is 10.8. The lowest BCUT2D eigenvalue weighted by atomic mass is 10.2. The van der Waals surface area contributed by atoms with Crippen LogP contribution in [-0.4, -0.2) is 27.5 Å². The van der Waals surface area contributed by atoms with E-state index < -0.39 is 16.0 Å². The maximum atomic E-state index is 12.7. The number of benzene rings is 2. The number of esters is 1. The van der Waals surface area contributed by atoms with E-state index in [1.165, 1.54) is 35.6 Å². The predicted molar refractivity (Wildman–Crippen MR) is 89.0 cm³/mol. The fourth-order valence-corrected chi connectivity index (χ4v) is 3.24. The van der Waals surface area contributed by atoms with Gasteiger partial charge < -0.3 is 4.74 Å². The third kappa shape index (κ3) is 3.90. The smallest absolute Gasteiger partial charge is 0.338 e. The van der Waals surface area contributed by atoms with Crippen molar-refractivity contribution >= 4 is 21.7 Å². The fraction of sp³-hybridized carbons (Fsp3) is 0.235. The number of para-hydroxylation sites is 1. The van der Waals surface area contributed by atoms with Crippen molar-refractivity contribution in [3.8, 4) is 0 Å². The van der Waals surface area contributed by atoms with Crippen LogP contribution in [0.4, 0.5) is 5.69 Å². The van der Waals surface area contributed by atoms with Crippen molar-refractivity contribution in [2.75, 3.05) is 11.4 Å². The Balaban J connectivity index is 2.35. The molecule has 122 valence electrons. The van der Waals surface area contributed by atoms with E-state index in [1.807, 2.05) is 6.07 Å². The summed E-state index contributed by atoms with van der Waals surface area (Å²) in [6, 6.07) is 14.6. The molecule has 0 spiro atoms. The van der Waals surface area contributed by atoms with Crippen molar-refractivity contribution in [1.29, 1.82) is 0 Å². The van der Waals surface area contributed by atoms with E-state index in [9.17, 15) is 13.2 Å². The molecule has 2 rings (SSSR count). The molecule has 0 unspecified atom stereocenters. The second-order valence-corrected chi connectivity index (χ2v) is 7.26. The minimum Gasteiger partial charge on any atom is -0.459 e. The number of ether oxygens (including phenoxy) is 1. The van der Waals surface area contributed by atoms with Gasteiger partial charge in [0.05, 0.1) is 22.3 Å². The number of nitrogens with zero attached hydrogens (tertiary/aromatic N) is 1. The summed E-state index contributed by atoms with van der Waals surface area (Å²) < 4.78 is 31.7. The lowest BCUT2D eigenvalue weighted by Gasteiger charge is -2.19. The number of carbonyl (C=O) groups excluding carboxylic acids is 1. The molecular weight excluding hydrogens is 314 g/mol. The molecular formula is C17H19NO4S. The van der Waals surface area contributed by atoms with Gasteiger partial charge in [0, 0.05) is 7.05 Å². The number of rotatable bonds is 5. The monoisotopic (exact) mass is 333 g/mol. The molecule has 0 heterocycles. The van der Waals surface area contributed by atoms with Gasteiger partial charge in [0.25, 0.3) is 10.0 Å². The molecule has 0 bridgehead atoms. The number of carbonyl (C=O) groups is 1. The van der Waals surface area contributed by atoms with Crippen LogP contribution in [0.5, 0.6) is 0 Å². The number of sulfonamides is 1. The first-order valence-electron chi connectivity index (χ1n) is 7.17. The van der Waals surface area contributed by atoms with Crippen molar-refractivity contribution in [1.82, 2.24) is 0 Å². The van der Waals surface area contributed by atoms with Gasteiger partial charge in [0.15, 0.2) is 0 Å². The first-order valence-corrected chi connectivity index (χ1v) is 8.61. The molecule has 23 heavy (non-hydrogen) atoms. The van der Waals surface area contributed by atoms with Crippen molar-refractivity contribution in [2.24, 2.45) is 0 Å². The summed E-state index contributed by atoms with van der Waals surface area (Å²) in [6.07, 6.45) is -0.269. The molecule has 0 amide bonds. The molecule has 0 N–H and O–H groups in total. The van der Waals surface area contributed by atoms with Crippen LogP contribution >= 0.6 is 0 Å². The van der Waals surface area contributed by atoms with Crippen LogP contribution in [0.1, 0.15) is 24.2 Å². The van der Waals surface area contributed by atoms with Crippen LogP contribution in [0.2, 0.25) is 0 Å². The Hall–Kier alpha value is -2.34. The highest BCUT2D eigenvalue weighted by Crippen LogP contribution is 2.22. The summed E-state index contributed by atoms with van der Waals surface area (Å²) in [7, 11) is -2.27. The van der Waals surface area contributed by atoms with E-state index in [4.69, 9.17) is 4.74 Å². The molecule has 2 aromatic rings. The molecule has 2 aromatic carbocycles. The second-order valence-electron chi connectivity index (χ2n) is 5.29. The van der Waals surface area contributed by atoms with Crippen molar-refractivity contribution in [3.05, 3.63) is 60.2 Å². The van der Waals surface area contributed by atoms with Crippen LogP contribution in [-0.2, 0) is 14.8 Å². The van der Waals surface area contributed by atoms with Crippen molar-refractivity contribution < 1.29 is 17.9 Å². The van der Waals surface area contributed by atoms with Crippen LogP contribution < -0.4 is 4.31 Å². The zero-order chi connectivity index (χ0) is 17.0. The fourth-order valence-electron chi connectivity index (χ4n) is 2.00. The average molecular weight is 333 g/mol. The molecule has 0 aliphatic rings. The van der Waals surface area contributed by atoms with E-state index in [1.54, 1.807) is 38.1 Å². The van der Waals surface area contributed by atoms with Gasteiger partial charge in [0.2, 0.25) is 0 Å². The van der Waals surface area contributed by atoms with Gasteiger partial charge in [-0.25, -0.2) is 13.2 Å². The van der Waals surface area contributed by atoms with E-state index in [0.29, 0.717) is 5.69 Å². The molecule has 0 saturated heterocycles. The van der Waals surface area contributed by atoms with Crippen LogP contribution in [0.3, 0.4) is 0 Å². The summed E-state index contributed by atoms with van der Waals surface area (Å²) in [5.41, 5.74) is 0.754. The number of anilines is 1. The van der Waals surface area contributed by atoms with Gasteiger partial charge in [-0.2, -0.15) is 0 Å². The summed E-state index contributed by atoms with van der Waals surface area (Å²) in [6.45, 7) is 3.48. The lowest BCUT2D eigenvalue weighted by molar-refractivity contribution is 0.0377. The molecule has 0 fully saturated rings. The van der Waals surface area contributed by atoms with Gasteiger partial charge in [-0.3, -0.25) is 4.31 Å². The Bertz CT molecular complexity index is 785. The zero-order valence-corrected chi connectivity index (χ0v) is 14.1. The molecule has 5 nitrogen and oxygen atoms in total. The molecule has 0 aliphatic heterocycles. The van der Waals surface area contributed by atoms with E-state index in [0.717, 1.165) is 0 Å². The first kappa shape index (κ1) is 17.0. The maximum Gasteiger partial charge on any atom is 0.338 e. The lowest BCUT2D eigenvalue weighted by Crippen LogP contribution is -2.26. The number of hydrogen-bond acceptors (Lipinski definition) is 4. The Kier molecular flexibility index (Phi) is 5.05. The van der Waals surface area contributed by atoms with Gasteiger partial charge in [-0.15, -0.1) is 0 Å². The van der Waals surface area contributed by atoms with Crippen LogP contribution in [0.15, 0.2) is 59.5 Å². The van der Waals surface area contributed by atoms with Crippen LogP contribution in [0, 0.1) is 0 Å². The normalized spacial score (nSPS) is 11.3. The topological polar surface area (TPSA) is 63.7 Å². The van der Waals surface area contributed by atoms with E-state index >= 15 is 0 Å². The highest BCUT2D eigenvalue weighted by Gasteiger charge is 2.22. The van der Waals surface area contributed by atoms with Crippen LogP contribution in [0.25, 0.3) is 0 Å². The third-order valence-corrected chi connectivity index (χ3v) is 4.97. The molecule has 0 saturated carbocycles. The Morgan fingerprint density at radius 2 is 1.70 bits per heavy atom. The van der Waals surface area contributed by atoms with Gasteiger partial charge in [-0.05, 0) is 44.2 Å². The van der Waals surface area contributed by atoms with Gasteiger partial charge in [-0.1, -0.05) is 24.3 Å². The molecule has 0 radical (unpaired) electrons. The quantitative estimate of drug-likeness (QED) is 0.789. The summed E-state index contributed by atoms with van der Waals surface area (Å²) >= 11 is 0. The molecule has 0 atom stereocenters. The second kappa shape index (κ2) is 6.83. The Morgan fingerprint density at radius 1 is 1.04 bits per heavy atom. The SMILES string of the molecule is CC(C)OC(=O)c1cccc(S(=O)(=O)N(C)c2ccccc2)c1. The largest absolute Gasteiger partial charge is 0.459 e. The minimum atomic E-state index is -3.75. The van der Waals surface area contributed by atoms with Crippen molar-refractivity contribution in [2.45, 2.75) is 24.8 Å². The van der Waals surface area contributed by atoms with Crippen molar-refractivity contribution in [3.63, 3.8) is 0 Å². The highest BCUT2D eigenvalue weighted by atomic mass is 32.2. The summed E-state index contributed by atoms with van der Waals surface area (Å²) in [5, 5.41) is 0. The zero-order valence-electron chi connectivity index (χ0n) is 13.3. The van der Waals surface area contributed by atoms with Gasteiger partial charge >= 0.3 is 5.97 Å². The van der Waals surface area contributed by atoms with E-state index in [2.05, 4.69) is 0 Å². The summed E-state index contributed by atoms with van der Waals surface area (Å²) in [4.78, 5) is 12.0. The summed E-state index contributed by atoms with van der Waals surface area (Å²) in [5.74, 6) is -0.542. The third-order valence-electron chi connectivity index (χ3n) is 3.19. The Morgan fingerprint density at radius 3 is 2.30 bits per heavy atom. The highest BCUT2D eigenvalue weighted by molar-refractivity contribution is 7.92. The molecule has 6 heteroatoms. The Labute approximate surface area is 136 Å². The minimum absolute atomic E-state index is 0.0436. The van der Waals surface area contributed by atoms with Gasteiger partial charge in [0.1, 0.15) is 0 Å². The number of hydrogen-bond donors (Lipinski definition) is 0. The van der Waals surface area contributed by atoms with E-state index in [-0.39, 0.29) is 16.6 Å². The molecule has 0 aliphatic carbocycles. The molecule has 0 aromatic heterocycles. The standard InChI is InChI=1S/C17H19NO4S/c1-13(2)22-17(19)14-8-7-11-16(12-14)23(20,21)18(3)15-9-5-4-6-10-15/h4-13H,1-3H3. The maximum absolute atomic E-state index is 12.7.